The highest BCUT2D eigenvalue weighted by Gasteiger charge is 2.15. The monoisotopic (exact) mass is 312 g/mol. The molecular weight excluding hydrogens is 302 g/mol. The number of benzene rings is 1. The second-order valence-electron chi connectivity index (χ2n) is 4.13. The van der Waals surface area contributed by atoms with Gasteiger partial charge in [-0.2, -0.15) is 8.78 Å². The lowest BCUT2D eigenvalue weighted by atomic mass is 10.2. The highest BCUT2D eigenvalue weighted by atomic mass is 35.5. The third-order valence-corrected chi connectivity index (χ3v) is 2.90. The molecule has 0 spiro atoms. The summed E-state index contributed by atoms with van der Waals surface area (Å²) in [7, 11) is 0. The summed E-state index contributed by atoms with van der Waals surface area (Å²) in [5.41, 5.74) is 0.937. The van der Waals surface area contributed by atoms with Gasteiger partial charge < -0.3 is 10.1 Å². The molecule has 0 aliphatic heterocycles. The number of para-hydroxylation sites is 2. The summed E-state index contributed by atoms with van der Waals surface area (Å²) in [5.74, 6) is -0.685. The molecule has 0 radical (unpaired) electrons. The Kier molecular flexibility index (Phi) is 4.70. The number of aryl methyl sites for hydroxylation is 1. The predicted molar refractivity (Wildman–Crippen MR) is 75.0 cm³/mol. The quantitative estimate of drug-likeness (QED) is 0.931. The predicted octanol–water partition coefficient (Wildman–Crippen LogP) is 3.90. The van der Waals surface area contributed by atoms with E-state index in [9.17, 15) is 13.6 Å². The number of aromatic nitrogens is 1. The number of halogens is 3. The topological polar surface area (TPSA) is 51.2 Å². The average molecular weight is 313 g/mol. The molecule has 1 aromatic heterocycles. The van der Waals surface area contributed by atoms with Crippen LogP contribution in [0.15, 0.2) is 36.5 Å². The standard InChI is InChI=1S/C14H11ClF2N2O2/c1-8-6-10(15)9(7-18-8)13(20)19-11-4-2-3-5-12(11)21-14(16)17/h2-7,14H,1H3,(H,19,20). The van der Waals surface area contributed by atoms with Crippen molar-refractivity contribution in [2.75, 3.05) is 5.32 Å². The third kappa shape index (κ3) is 3.88. The Labute approximate surface area is 124 Å². The van der Waals surface area contributed by atoms with E-state index in [0.29, 0.717) is 5.69 Å². The molecule has 2 rings (SSSR count). The minimum absolute atomic E-state index is 0.124. The second kappa shape index (κ2) is 6.49. The summed E-state index contributed by atoms with van der Waals surface area (Å²) >= 11 is 5.96. The van der Waals surface area contributed by atoms with Crippen LogP contribution >= 0.6 is 11.6 Å². The van der Waals surface area contributed by atoms with Gasteiger partial charge in [0.25, 0.3) is 5.91 Å². The molecule has 1 aromatic carbocycles. The van der Waals surface area contributed by atoms with Crippen LogP contribution in [-0.2, 0) is 0 Å². The van der Waals surface area contributed by atoms with Gasteiger partial charge in [-0.3, -0.25) is 9.78 Å². The first kappa shape index (κ1) is 15.2. The van der Waals surface area contributed by atoms with E-state index >= 15 is 0 Å². The molecule has 110 valence electrons. The van der Waals surface area contributed by atoms with Crippen molar-refractivity contribution < 1.29 is 18.3 Å². The smallest absolute Gasteiger partial charge is 0.387 e. The van der Waals surface area contributed by atoms with Crippen LogP contribution in [0.25, 0.3) is 0 Å². The van der Waals surface area contributed by atoms with E-state index in [2.05, 4.69) is 15.0 Å². The minimum Gasteiger partial charge on any atom is -0.433 e. The molecule has 1 N–H and O–H groups in total. The number of nitrogens with one attached hydrogen (secondary N) is 1. The van der Waals surface area contributed by atoms with E-state index in [0.717, 1.165) is 0 Å². The zero-order chi connectivity index (χ0) is 15.4. The van der Waals surface area contributed by atoms with E-state index in [1.54, 1.807) is 13.0 Å². The van der Waals surface area contributed by atoms with Gasteiger partial charge in [-0.1, -0.05) is 23.7 Å². The number of alkyl halides is 2. The molecule has 0 aliphatic carbocycles. The molecule has 4 nitrogen and oxygen atoms in total. The van der Waals surface area contributed by atoms with Crippen LogP contribution in [0.2, 0.25) is 5.02 Å². The number of anilines is 1. The summed E-state index contributed by atoms with van der Waals surface area (Å²) in [4.78, 5) is 16.1. The zero-order valence-corrected chi connectivity index (χ0v) is 11.7. The maximum absolute atomic E-state index is 12.3. The van der Waals surface area contributed by atoms with Gasteiger partial charge in [0.1, 0.15) is 5.75 Å². The molecule has 0 unspecified atom stereocenters. The first-order valence-corrected chi connectivity index (χ1v) is 6.32. The summed E-state index contributed by atoms with van der Waals surface area (Å²) in [6, 6.07) is 7.43. The molecule has 0 atom stereocenters. The minimum atomic E-state index is -2.98. The molecule has 0 saturated carbocycles. The zero-order valence-electron chi connectivity index (χ0n) is 10.9. The van der Waals surface area contributed by atoms with Gasteiger partial charge >= 0.3 is 6.61 Å². The molecule has 2 aromatic rings. The van der Waals surface area contributed by atoms with Crippen LogP contribution in [-0.4, -0.2) is 17.5 Å². The van der Waals surface area contributed by atoms with E-state index in [1.807, 2.05) is 0 Å². The Morgan fingerprint density at radius 3 is 2.76 bits per heavy atom. The molecule has 0 bridgehead atoms. The van der Waals surface area contributed by atoms with E-state index in [4.69, 9.17) is 11.6 Å². The summed E-state index contributed by atoms with van der Waals surface area (Å²) in [6.45, 7) is -1.24. The molecule has 7 heteroatoms. The van der Waals surface area contributed by atoms with Crippen molar-refractivity contribution in [2.24, 2.45) is 0 Å². The molecule has 0 fully saturated rings. The fourth-order valence-corrected chi connectivity index (χ4v) is 1.94. The Bertz CT molecular complexity index is 665. The lowest BCUT2D eigenvalue weighted by Crippen LogP contribution is -2.14. The summed E-state index contributed by atoms with van der Waals surface area (Å²) in [5, 5.41) is 2.70. The highest BCUT2D eigenvalue weighted by Crippen LogP contribution is 2.26. The van der Waals surface area contributed by atoms with Gasteiger partial charge in [0.05, 0.1) is 16.3 Å². The average Bonchev–Trinajstić information content (AvgIpc) is 2.40. The third-order valence-electron chi connectivity index (χ3n) is 2.59. The maximum Gasteiger partial charge on any atom is 0.387 e. The molecule has 1 amide bonds. The van der Waals surface area contributed by atoms with Crippen molar-refractivity contribution in [1.29, 1.82) is 0 Å². The fourth-order valence-electron chi connectivity index (χ4n) is 1.65. The maximum atomic E-state index is 12.3. The van der Waals surface area contributed by atoms with Gasteiger partial charge in [0.2, 0.25) is 0 Å². The van der Waals surface area contributed by atoms with Gasteiger partial charge in [-0.15, -0.1) is 0 Å². The highest BCUT2D eigenvalue weighted by molar-refractivity contribution is 6.34. The lowest BCUT2D eigenvalue weighted by molar-refractivity contribution is -0.0493. The number of pyridine rings is 1. The van der Waals surface area contributed by atoms with Gasteiger partial charge in [0.15, 0.2) is 0 Å². The number of amides is 1. The van der Waals surface area contributed by atoms with Crippen LogP contribution in [0, 0.1) is 6.92 Å². The van der Waals surface area contributed by atoms with Crippen molar-refractivity contribution >= 4 is 23.2 Å². The first-order valence-electron chi connectivity index (χ1n) is 5.94. The van der Waals surface area contributed by atoms with E-state index in [1.165, 1.54) is 30.5 Å². The number of carbonyl (C=O) groups excluding carboxylic acids is 1. The van der Waals surface area contributed by atoms with Crippen molar-refractivity contribution in [3.05, 3.63) is 52.8 Å². The number of carbonyl (C=O) groups is 1. The largest absolute Gasteiger partial charge is 0.433 e. The van der Waals surface area contributed by atoms with Crippen LogP contribution in [0.5, 0.6) is 5.75 Å². The SMILES string of the molecule is Cc1cc(Cl)c(C(=O)Nc2ccccc2OC(F)F)cn1. The molecule has 1 heterocycles. The molecule has 0 aliphatic rings. The fraction of sp³-hybridized carbons (Fsp3) is 0.143. The Morgan fingerprint density at radius 1 is 1.38 bits per heavy atom. The van der Waals surface area contributed by atoms with Crippen LogP contribution in [0.1, 0.15) is 16.1 Å². The normalized spacial score (nSPS) is 10.5. The lowest BCUT2D eigenvalue weighted by Gasteiger charge is -2.12. The van der Waals surface area contributed by atoms with Crippen LogP contribution < -0.4 is 10.1 Å². The Balaban J connectivity index is 2.23. The first-order chi connectivity index (χ1) is 9.97. The number of nitrogens with zero attached hydrogens (tertiary/aromatic N) is 1. The number of ether oxygens (including phenoxy) is 1. The van der Waals surface area contributed by atoms with E-state index in [-0.39, 0.29) is 22.0 Å². The van der Waals surface area contributed by atoms with Gasteiger partial charge in [-0.25, -0.2) is 0 Å². The number of rotatable bonds is 4. The van der Waals surface area contributed by atoms with E-state index < -0.39 is 12.5 Å². The molecule has 21 heavy (non-hydrogen) atoms. The van der Waals surface area contributed by atoms with Crippen molar-refractivity contribution in [3.63, 3.8) is 0 Å². The number of hydrogen-bond donors (Lipinski definition) is 1. The molecular formula is C14H11ClF2N2O2. The summed E-state index contributed by atoms with van der Waals surface area (Å²) in [6.07, 6.45) is 1.32. The van der Waals surface area contributed by atoms with Crippen molar-refractivity contribution in [3.8, 4) is 5.75 Å². The Hall–Kier alpha value is -2.21. The Morgan fingerprint density at radius 2 is 2.10 bits per heavy atom. The van der Waals surface area contributed by atoms with Gasteiger partial charge in [-0.05, 0) is 25.1 Å². The summed E-state index contributed by atoms with van der Waals surface area (Å²) < 4.78 is 28.9. The number of hydrogen-bond acceptors (Lipinski definition) is 3. The van der Waals surface area contributed by atoms with Gasteiger partial charge in [0, 0.05) is 11.9 Å². The van der Waals surface area contributed by atoms with Crippen LogP contribution in [0.3, 0.4) is 0 Å². The van der Waals surface area contributed by atoms with Crippen molar-refractivity contribution in [1.82, 2.24) is 4.98 Å². The second-order valence-corrected chi connectivity index (χ2v) is 4.54. The molecule has 0 saturated heterocycles. The van der Waals surface area contributed by atoms with Crippen LogP contribution in [0.4, 0.5) is 14.5 Å². The van der Waals surface area contributed by atoms with Crippen molar-refractivity contribution in [2.45, 2.75) is 13.5 Å².